The summed E-state index contributed by atoms with van der Waals surface area (Å²) in [5, 5.41) is 1.85. The Balaban J connectivity index is 2.85. The van der Waals surface area contributed by atoms with Gasteiger partial charge in [0.05, 0.1) is 7.11 Å². The van der Waals surface area contributed by atoms with Gasteiger partial charge in [0.25, 0.3) is 0 Å². The van der Waals surface area contributed by atoms with Gasteiger partial charge in [-0.25, -0.2) is 4.79 Å². The summed E-state index contributed by atoms with van der Waals surface area (Å²) in [7, 11) is 1.47. The van der Waals surface area contributed by atoms with E-state index in [-0.39, 0.29) is 6.54 Å². The van der Waals surface area contributed by atoms with Crippen LogP contribution in [0.25, 0.3) is 0 Å². The van der Waals surface area contributed by atoms with Crippen LogP contribution in [0, 0.1) is 0 Å². The fourth-order valence-electron chi connectivity index (χ4n) is 1.65. The molecule has 1 rings (SSSR count). The molecule has 0 radical (unpaired) electrons. The number of anilines is 1. The van der Waals surface area contributed by atoms with Crippen molar-refractivity contribution in [2.75, 3.05) is 31.6 Å². The van der Waals surface area contributed by atoms with Crippen molar-refractivity contribution in [3.05, 3.63) is 24.3 Å². The fourth-order valence-corrected chi connectivity index (χ4v) is 1.65. The van der Waals surface area contributed by atoms with Gasteiger partial charge in [-0.2, -0.15) is 13.2 Å². The van der Waals surface area contributed by atoms with Crippen molar-refractivity contribution >= 4 is 11.7 Å². The second-order valence-electron chi connectivity index (χ2n) is 4.27. The third-order valence-electron chi connectivity index (χ3n) is 2.64. The number of carbonyl (C=O) groups excluding carboxylic acids is 1. The minimum Gasteiger partial charge on any atom is -0.497 e. The molecule has 0 fully saturated rings. The molecule has 3 N–H and O–H groups in total. The highest BCUT2D eigenvalue weighted by molar-refractivity contribution is 5.92. The first kappa shape index (κ1) is 17.1. The maximum absolute atomic E-state index is 12.2. The van der Waals surface area contributed by atoms with Gasteiger partial charge >= 0.3 is 12.2 Å². The van der Waals surface area contributed by atoms with E-state index in [4.69, 9.17) is 10.5 Å². The number of benzene rings is 1. The van der Waals surface area contributed by atoms with Crippen LogP contribution in [0.3, 0.4) is 0 Å². The molecule has 0 bridgehead atoms. The number of hydrogen-bond acceptors (Lipinski definition) is 3. The van der Waals surface area contributed by atoms with Crippen LogP contribution < -0.4 is 20.7 Å². The van der Waals surface area contributed by atoms with Crippen LogP contribution >= 0.6 is 0 Å². The number of rotatable bonds is 6. The molecule has 0 aromatic heterocycles. The van der Waals surface area contributed by atoms with E-state index in [1.54, 1.807) is 24.3 Å². The number of halogens is 3. The number of methoxy groups -OCH3 is 1. The molecule has 1 aromatic carbocycles. The van der Waals surface area contributed by atoms with Gasteiger partial charge in [0.1, 0.15) is 12.3 Å². The van der Waals surface area contributed by atoms with Gasteiger partial charge in [-0.1, -0.05) is 6.07 Å². The lowest BCUT2D eigenvalue weighted by atomic mass is 10.2. The van der Waals surface area contributed by atoms with E-state index in [0.717, 1.165) is 0 Å². The van der Waals surface area contributed by atoms with Gasteiger partial charge in [0.15, 0.2) is 0 Å². The normalized spacial score (nSPS) is 11.1. The van der Waals surface area contributed by atoms with Crippen LogP contribution in [-0.2, 0) is 0 Å². The molecule has 21 heavy (non-hydrogen) atoms. The summed E-state index contributed by atoms with van der Waals surface area (Å²) in [5.41, 5.74) is 5.84. The Morgan fingerprint density at radius 3 is 2.71 bits per heavy atom. The van der Waals surface area contributed by atoms with Crippen molar-refractivity contribution in [1.82, 2.24) is 5.32 Å². The molecule has 0 unspecified atom stereocenters. The number of nitrogens with one attached hydrogen (secondary N) is 1. The number of nitrogens with two attached hydrogens (primary N) is 1. The first-order valence-electron chi connectivity index (χ1n) is 6.33. The number of ether oxygens (including phenoxy) is 1. The molecule has 0 aliphatic rings. The Kier molecular flexibility index (Phi) is 6.29. The summed E-state index contributed by atoms with van der Waals surface area (Å²) in [5.74, 6) is 0.508. The van der Waals surface area contributed by atoms with E-state index in [0.29, 0.717) is 24.4 Å². The van der Waals surface area contributed by atoms with Gasteiger partial charge in [0, 0.05) is 18.3 Å². The number of hydrogen-bond donors (Lipinski definition) is 2. The Morgan fingerprint density at radius 1 is 1.43 bits per heavy atom. The van der Waals surface area contributed by atoms with Crippen LogP contribution in [0.1, 0.15) is 6.42 Å². The minimum absolute atomic E-state index is 0.216. The lowest BCUT2D eigenvalue weighted by molar-refractivity contribution is -0.122. The van der Waals surface area contributed by atoms with E-state index in [1.165, 1.54) is 12.0 Å². The van der Waals surface area contributed by atoms with Crippen LogP contribution in [0.2, 0.25) is 0 Å². The zero-order valence-corrected chi connectivity index (χ0v) is 11.6. The fraction of sp³-hybridized carbons (Fsp3) is 0.462. The number of alkyl halides is 3. The number of urea groups is 1. The Morgan fingerprint density at radius 2 is 2.14 bits per heavy atom. The first-order valence-corrected chi connectivity index (χ1v) is 6.33. The second-order valence-corrected chi connectivity index (χ2v) is 4.27. The lowest BCUT2D eigenvalue weighted by Gasteiger charge is -2.23. The van der Waals surface area contributed by atoms with Crippen LogP contribution in [0.15, 0.2) is 24.3 Å². The Labute approximate surface area is 120 Å². The quantitative estimate of drug-likeness (QED) is 0.846. The van der Waals surface area contributed by atoms with Gasteiger partial charge in [-0.3, -0.25) is 4.90 Å². The van der Waals surface area contributed by atoms with Crippen LogP contribution in [0.4, 0.5) is 23.7 Å². The predicted molar refractivity (Wildman–Crippen MR) is 73.5 cm³/mol. The maximum Gasteiger partial charge on any atom is 0.405 e. The zero-order chi connectivity index (χ0) is 15.9. The van der Waals surface area contributed by atoms with E-state index in [1.807, 2.05) is 5.32 Å². The van der Waals surface area contributed by atoms with E-state index < -0.39 is 18.8 Å². The number of carbonyl (C=O) groups is 1. The third-order valence-corrected chi connectivity index (χ3v) is 2.64. The van der Waals surface area contributed by atoms with Crippen molar-refractivity contribution < 1.29 is 22.7 Å². The van der Waals surface area contributed by atoms with Gasteiger partial charge < -0.3 is 15.8 Å². The molecule has 0 spiro atoms. The third kappa shape index (κ3) is 5.90. The Hall–Kier alpha value is -1.96. The molecule has 0 aliphatic carbocycles. The summed E-state index contributed by atoms with van der Waals surface area (Å²) in [6.07, 6.45) is -3.99. The molecular weight excluding hydrogens is 287 g/mol. The molecule has 118 valence electrons. The minimum atomic E-state index is -4.45. The van der Waals surface area contributed by atoms with E-state index in [2.05, 4.69) is 0 Å². The lowest BCUT2D eigenvalue weighted by Crippen LogP contribution is -2.44. The van der Waals surface area contributed by atoms with Crippen molar-refractivity contribution in [3.8, 4) is 5.75 Å². The summed E-state index contributed by atoms with van der Waals surface area (Å²) >= 11 is 0. The number of nitrogens with zero attached hydrogens (tertiary/aromatic N) is 1. The summed E-state index contributed by atoms with van der Waals surface area (Å²) in [4.78, 5) is 13.1. The average molecular weight is 305 g/mol. The molecule has 0 aliphatic heterocycles. The molecule has 1 aromatic rings. The largest absolute Gasteiger partial charge is 0.497 e. The van der Waals surface area contributed by atoms with Gasteiger partial charge in [-0.15, -0.1) is 0 Å². The molecule has 8 heteroatoms. The van der Waals surface area contributed by atoms with Gasteiger partial charge in [0.2, 0.25) is 0 Å². The molecular formula is C13H18F3N3O2. The molecule has 2 amide bonds. The number of amides is 2. The molecule has 5 nitrogen and oxygen atoms in total. The van der Waals surface area contributed by atoms with E-state index in [9.17, 15) is 18.0 Å². The predicted octanol–water partition coefficient (Wildman–Crippen LogP) is 2.12. The van der Waals surface area contributed by atoms with Crippen molar-refractivity contribution in [2.45, 2.75) is 12.6 Å². The van der Waals surface area contributed by atoms with Crippen molar-refractivity contribution in [1.29, 1.82) is 0 Å². The van der Waals surface area contributed by atoms with Crippen molar-refractivity contribution in [3.63, 3.8) is 0 Å². The van der Waals surface area contributed by atoms with E-state index >= 15 is 0 Å². The van der Waals surface area contributed by atoms with Gasteiger partial charge in [-0.05, 0) is 25.1 Å². The molecule has 0 heterocycles. The zero-order valence-electron chi connectivity index (χ0n) is 11.6. The average Bonchev–Trinajstić information content (AvgIpc) is 2.45. The topological polar surface area (TPSA) is 67.6 Å². The highest BCUT2D eigenvalue weighted by Crippen LogP contribution is 2.21. The molecule has 0 atom stereocenters. The van der Waals surface area contributed by atoms with Crippen LogP contribution in [-0.4, -0.2) is 39.0 Å². The monoisotopic (exact) mass is 305 g/mol. The summed E-state index contributed by atoms with van der Waals surface area (Å²) in [6.45, 7) is -0.838. The second kappa shape index (κ2) is 7.72. The maximum atomic E-state index is 12.2. The summed E-state index contributed by atoms with van der Waals surface area (Å²) in [6, 6.07) is 5.70. The van der Waals surface area contributed by atoms with Crippen molar-refractivity contribution in [2.24, 2.45) is 5.73 Å². The standard InChI is InChI=1S/C13H18F3N3O2/c1-21-11-5-2-4-10(8-11)19(7-3-6-17)12(20)18-9-13(14,15)16/h2,4-5,8H,3,6-7,9,17H2,1H3,(H,18,20). The highest BCUT2D eigenvalue weighted by Gasteiger charge is 2.29. The first-order chi connectivity index (χ1) is 9.87. The van der Waals surface area contributed by atoms with Crippen LogP contribution in [0.5, 0.6) is 5.75 Å². The summed E-state index contributed by atoms with van der Waals surface area (Å²) < 4.78 is 41.6. The smallest absolute Gasteiger partial charge is 0.405 e. The highest BCUT2D eigenvalue weighted by atomic mass is 19.4. The molecule has 0 saturated heterocycles. The molecule has 0 saturated carbocycles. The SMILES string of the molecule is COc1cccc(N(CCCN)C(=O)NCC(F)(F)F)c1. The Bertz CT molecular complexity index is 466.